The number of benzene rings is 1. The first-order valence-electron chi connectivity index (χ1n) is 10.2. The lowest BCUT2D eigenvalue weighted by Gasteiger charge is -2.33. The third-order valence-corrected chi connectivity index (χ3v) is 5.44. The SMILES string of the molecule is CN(C)CCn1ccnc1[C@H]1CCCN(C(=O)CCCc2ccc(F)cc2)C1. The van der Waals surface area contributed by atoms with Crippen molar-refractivity contribution < 1.29 is 9.18 Å². The molecule has 0 bridgehead atoms. The number of carbonyl (C=O) groups excluding carboxylic acids is 1. The highest BCUT2D eigenvalue weighted by molar-refractivity contribution is 5.76. The Balaban J connectivity index is 1.51. The van der Waals surface area contributed by atoms with Gasteiger partial charge in [0.05, 0.1) is 0 Å². The molecular weight excluding hydrogens is 355 g/mol. The zero-order chi connectivity index (χ0) is 19.9. The molecule has 5 nitrogen and oxygen atoms in total. The standard InChI is InChI=1S/C22H31FN4O/c1-25(2)15-16-26-14-12-24-22(26)19-6-4-13-27(17-19)21(28)7-3-5-18-8-10-20(23)11-9-18/h8-12,14,19H,3-7,13,15-17H2,1-2H3/t19-/m0/s1. The predicted octanol–water partition coefficient (Wildman–Crippen LogP) is 3.31. The van der Waals surface area contributed by atoms with Crippen LogP contribution in [0.2, 0.25) is 0 Å². The molecule has 0 saturated carbocycles. The average molecular weight is 387 g/mol. The van der Waals surface area contributed by atoms with E-state index >= 15 is 0 Å². The second-order valence-corrected chi connectivity index (χ2v) is 7.94. The molecular formula is C22H31FN4O. The van der Waals surface area contributed by atoms with E-state index in [-0.39, 0.29) is 11.7 Å². The lowest BCUT2D eigenvalue weighted by molar-refractivity contribution is -0.132. The van der Waals surface area contributed by atoms with E-state index in [9.17, 15) is 9.18 Å². The molecule has 1 saturated heterocycles. The van der Waals surface area contributed by atoms with Gasteiger partial charge in [-0.05, 0) is 57.5 Å². The molecule has 0 aliphatic carbocycles. The maximum atomic E-state index is 13.0. The maximum Gasteiger partial charge on any atom is 0.222 e. The number of imidazole rings is 1. The second kappa shape index (κ2) is 9.82. The summed E-state index contributed by atoms with van der Waals surface area (Å²) < 4.78 is 15.2. The van der Waals surface area contributed by atoms with Gasteiger partial charge < -0.3 is 14.4 Å². The van der Waals surface area contributed by atoms with Crippen LogP contribution in [0.15, 0.2) is 36.7 Å². The Morgan fingerprint density at radius 2 is 2.07 bits per heavy atom. The van der Waals surface area contributed by atoms with Crippen LogP contribution in [0.25, 0.3) is 0 Å². The number of hydrogen-bond donors (Lipinski definition) is 0. The first-order chi connectivity index (χ1) is 13.5. The van der Waals surface area contributed by atoms with Crippen LogP contribution in [-0.2, 0) is 17.8 Å². The van der Waals surface area contributed by atoms with Crippen molar-refractivity contribution in [1.82, 2.24) is 19.4 Å². The van der Waals surface area contributed by atoms with Gasteiger partial charge in [-0.3, -0.25) is 4.79 Å². The minimum absolute atomic E-state index is 0.219. The van der Waals surface area contributed by atoms with Gasteiger partial charge in [-0.25, -0.2) is 9.37 Å². The number of amides is 1. The summed E-state index contributed by atoms with van der Waals surface area (Å²) in [6.45, 7) is 3.49. The zero-order valence-electron chi connectivity index (χ0n) is 17.0. The molecule has 1 aromatic heterocycles. The van der Waals surface area contributed by atoms with Crippen molar-refractivity contribution >= 4 is 5.91 Å². The van der Waals surface area contributed by atoms with Crippen molar-refractivity contribution in [2.45, 2.75) is 44.6 Å². The highest BCUT2D eigenvalue weighted by atomic mass is 19.1. The van der Waals surface area contributed by atoms with E-state index in [1.165, 1.54) is 12.1 Å². The van der Waals surface area contributed by atoms with Crippen molar-refractivity contribution in [2.24, 2.45) is 0 Å². The van der Waals surface area contributed by atoms with Gasteiger partial charge in [0.2, 0.25) is 5.91 Å². The van der Waals surface area contributed by atoms with Gasteiger partial charge in [-0.15, -0.1) is 0 Å². The summed E-state index contributed by atoms with van der Waals surface area (Å²) in [7, 11) is 4.15. The molecule has 28 heavy (non-hydrogen) atoms. The Bertz CT molecular complexity index is 756. The van der Waals surface area contributed by atoms with Crippen LogP contribution in [0.4, 0.5) is 4.39 Å². The average Bonchev–Trinajstić information content (AvgIpc) is 3.16. The highest BCUT2D eigenvalue weighted by Crippen LogP contribution is 2.26. The molecule has 2 heterocycles. The summed E-state index contributed by atoms with van der Waals surface area (Å²) in [6, 6.07) is 6.55. The molecule has 3 rings (SSSR count). The van der Waals surface area contributed by atoms with Crippen LogP contribution in [0.3, 0.4) is 0 Å². The van der Waals surface area contributed by atoms with Crippen molar-refractivity contribution in [3.8, 4) is 0 Å². The van der Waals surface area contributed by atoms with Crippen LogP contribution < -0.4 is 0 Å². The number of nitrogens with zero attached hydrogens (tertiary/aromatic N) is 4. The summed E-state index contributed by atoms with van der Waals surface area (Å²) in [5.74, 6) is 1.42. The fraction of sp³-hybridized carbons (Fsp3) is 0.545. The van der Waals surface area contributed by atoms with Crippen molar-refractivity contribution in [2.75, 3.05) is 33.7 Å². The first kappa shape index (κ1) is 20.5. The highest BCUT2D eigenvalue weighted by Gasteiger charge is 2.27. The summed E-state index contributed by atoms with van der Waals surface area (Å²) in [6.07, 6.45) is 8.16. The molecule has 0 unspecified atom stereocenters. The Morgan fingerprint density at radius 3 is 2.82 bits per heavy atom. The molecule has 6 heteroatoms. The fourth-order valence-electron chi connectivity index (χ4n) is 3.84. The molecule has 0 N–H and O–H groups in total. The van der Waals surface area contributed by atoms with Crippen molar-refractivity contribution in [3.63, 3.8) is 0 Å². The molecule has 1 aliphatic rings. The Kier molecular flexibility index (Phi) is 7.20. The van der Waals surface area contributed by atoms with Crippen molar-refractivity contribution in [1.29, 1.82) is 0 Å². The van der Waals surface area contributed by atoms with Gasteiger partial charge in [-0.1, -0.05) is 12.1 Å². The smallest absolute Gasteiger partial charge is 0.222 e. The zero-order valence-corrected chi connectivity index (χ0v) is 17.0. The van der Waals surface area contributed by atoms with Gasteiger partial charge in [0.15, 0.2) is 0 Å². The number of aromatic nitrogens is 2. The third kappa shape index (κ3) is 5.64. The monoisotopic (exact) mass is 386 g/mol. The number of halogens is 1. The molecule has 0 spiro atoms. The van der Waals surface area contributed by atoms with Crippen LogP contribution >= 0.6 is 0 Å². The number of hydrogen-bond acceptors (Lipinski definition) is 3. The van der Waals surface area contributed by atoms with E-state index in [2.05, 4.69) is 28.5 Å². The van der Waals surface area contributed by atoms with E-state index in [4.69, 9.17) is 0 Å². The second-order valence-electron chi connectivity index (χ2n) is 7.94. The van der Waals surface area contributed by atoms with Crippen LogP contribution in [0.5, 0.6) is 0 Å². The van der Waals surface area contributed by atoms with Crippen molar-refractivity contribution in [3.05, 3.63) is 53.9 Å². The molecule has 1 aliphatic heterocycles. The van der Waals surface area contributed by atoms with Crippen LogP contribution in [0.1, 0.15) is 43.0 Å². The molecule has 0 radical (unpaired) electrons. The van der Waals surface area contributed by atoms with Crippen LogP contribution in [0, 0.1) is 5.82 Å². The number of carbonyl (C=O) groups is 1. The molecule has 152 valence electrons. The van der Waals surface area contributed by atoms with E-state index in [1.807, 2.05) is 17.3 Å². The normalized spacial score (nSPS) is 17.3. The van der Waals surface area contributed by atoms with E-state index in [0.29, 0.717) is 12.3 Å². The number of rotatable bonds is 8. The lowest BCUT2D eigenvalue weighted by Crippen LogP contribution is -2.39. The van der Waals surface area contributed by atoms with E-state index in [1.54, 1.807) is 12.1 Å². The topological polar surface area (TPSA) is 41.4 Å². The van der Waals surface area contributed by atoms with E-state index < -0.39 is 0 Å². The Morgan fingerprint density at radius 1 is 1.29 bits per heavy atom. The fourth-order valence-corrected chi connectivity index (χ4v) is 3.84. The Labute approximate surface area is 167 Å². The van der Waals surface area contributed by atoms with Gasteiger partial charge in [-0.2, -0.15) is 0 Å². The molecule has 1 atom stereocenters. The van der Waals surface area contributed by atoms with Gasteiger partial charge in [0.1, 0.15) is 11.6 Å². The molecule has 1 amide bonds. The number of aryl methyl sites for hydroxylation is 1. The quantitative estimate of drug-likeness (QED) is 0.699. The third-order valence-electron chi connectivity index (χ3n) is 5.44. The van der Waals surface area contributed by atoms with Gasteiger partial charge >= 0.3 is 0 Å². The maximum absolute atomic E-state index is 13.0. The number of likely N-dealkylation sites (N-methyl/N-ethyl adjacent to an activating group) is 1. The number of likely N-dealkylation sites (tertiary alicyclic amines) is 1. The summed E-state index contributed by atoms with van der Waals surface area (Å²) in [5, 5.41) is 0. The molecule has 1 fully saturated rings. The first-order valence-corrected chi connectivity index (χ1v) is 10.2. The van der Waals surface area contributed by atoms with Crippen LogP contribution in [-0.4, -0.2) is 59.0 Å². The minimum Gasteiger partial charge on any atom is -0.342 e. The van der Waals surface area contributed by atoms with Gasteiger partial charge in [0, 0.05) is 50.9 Å². The summed E-state index contributed by atoms with van der Waals surface area (Å²) in [5.41, 5.74) is 1.08. The summed E-state index contributed by atoms with van der Waals surface area (Å²) >= 11 is 0. The van der Waals surface area contributed by atoms with Gasteiger partial charge in [0.25, 0.3) is 0 Å². The summed E-state index contributed by atoms with van der Waals surface area (Å²) in [4.78, 5) is 21.5. The Hall–Kier alpha value is -2.21. The molecule has 2 aromatic rings. The molecule has 1 aromatic carbocycles. The number of piperidine rings is 1. The minimum atomic E-state index is -0.219. The van der Waals surface area contributed by atoms with E-state index in [0.717, 1.165) is 63.3 Å². The lowest BCUT2D eigenvalue weighted by atomic mass is 9.96. The largest absolute Gasteiger partial charge is 0.342 e. The predicted molar refractivity (Wildman–Crippen MR) is 109 cm³/mol.